The zero-order valence-corrected chi connectivity index (χ0v) is 9.91. The molecule has 0 unspecified atom stereocenters. The first-order chi connectivity index (χ1) is 8.63. The SMILES string of the molecule is Nc1ccc2nc(-c3ccc(Cl)c(F)c3)oc2c1. The third kappa shape index (κ3) is 1.80. The summed E-state index contributed by atoms with van der Waals surface area (Å²) < 4.78 is 18.9. The lowest BCUT2D eigenvalue weighted by atomic mass is 10.2. The summed E-state index contributed by atoms with van der Waals surface area (Å²) in [6.45, 7) is 0. The van der Waals surface area contributed by atoms with E-state index in [1.807, 2.05) is 0 Å². The molecule has 0 aliphatic rings. The van der Waals surface area contributed by atoms with Crippen molar-refractivity contribution in [3.8, 4) is 11.5 Å². The molecule has 0 saturated carbocycles. The van der Waals surface area contributed by atoms with Gasteiger partial charge in [-0.2, -0.15) is 0 Å². The molecular weight excluding hydrogens is 255 g/mol. The number of rotatable bonds is 1. The van der Waals surface area contributed by atoms with Gasteiger partial charge < -0.3 is 10.2 Å². The summed E-state index contributed by atoms with van der Waals surface area (Å²) >= 11 is 5.63. The van der Waals surface area contributed by atoms with E-state index < -0.39 is 5.82 Å². The average molecular weight is 263 g/mol. The van der Waals surface area contributed by atoms with Gasteiger partial charge in [0, 0.05) is 17.3 Å². The zero-order valence-electron chi connectivity index (χ0n) is 9.15. The number of aromatic nitrogens is 1. The van der Waals surface area contributed by atoms with Crippen LogP contribution in [0.5, 0.6) is 0 Å². The van der Waals surface area contributed by atoms with Crippen molar-refractivity contribution in [3.05, 3.63) is 47.2 Å². The third-order valence-electron chi connectivity index (χ3n) is 2.58. The van der Waals surface area contributed by atoms with Gasteiger partial charge in [-0.15, -0.1) is 0 Å². The predicted molar refractivity (Wildman–Crippen MR) is 68.8 cm³/mol. The van der Waals surface area contributed by atoms with Crippen LogP contribution in [0.2, 0.25) is 5.02 Å². The Morgan fingerprint density at radius 3 is 2.78 bits per heavy atom. The molecule has 0 atom stereocenters. The van der Waals surface area contributed by atoms with E-state index in [1.165, 1.54) is 12.1 Å². The number of nitrogens with two attached hydrogens (primary N) is 1. The van der Waals surface area contributed by atoms with Gasteiger partial charge in [-0.3, -0.25) is 0 Å². The monoisotopic (exact) mass is 262 g/mol. The molecule has 0 fully saturated rings. The normalized spacial score (nSPS) is 11.0. The van der Waals surface area contributed by atoms with Crippen LogP contribution in [0.1, 0.15) is 0 Å². The largest absolute Gasteiger partial charge is 0.436 e. The summed E-state index contributed by atoms with van der Waals surface area (Å²) in [6.07, 6.45) is 0. The topological polar surface area (TPSA) is 52.0 Å². The van der Waals surface area contributed by atoms with Crippen LogP contribution in [0.25, 0.3) is 22.6 Å². The Morgan fingerprint density at radius 1 is 1.17 bits per heavy atom. The lowest BCUT2D eigenvalue weighted by Crippen LogP contribution is -1.82. The minimum atomic E-state index is -0.504. The fourth-order valence-corrected chi connectivity index (χ4v) is 1.81. The molecule has 0 radical (unpaired) electrons. The number of anilines is 1. The van der Waals surface area contributed by atoms with Gasteiger partial charge in [-0.05, 0) is 30.3 Å². The molecule has 0 saturated heterocycles. The van der Waals surface area contributed by atoms with Crippen LogP contribution >= 0.6 is 11.6 Å². The Bertz CT molecular complexity index is 739. The van der Waals surface area contributed by atoms with Crippen LogP contribution in [0.3, 0.4) is 0 Å². The van der Waals surface area contributed by atoms with Crippen molar-refractivity contribution in [1.29, 1.82) is 0 Å². The molecule has 18 heavy (non-hydrogen) atoms. The van der Waals surface area contributed by atoms with E-state index in [9.17, 15) is 4.39 Å². The van der Waals surface area contributed by atoms with Crippen molar-refractivity contribution in [1.82, 2.24) is 4.98 Å². The van der Waals surface area contributed by atoms with Gasteiger partial charge in [0.15, 0.2) is 5.58 Å². The third-order valence-corrected chi connectivity index (χ3v) is 2.89. The molecule has 3 nitrogen and oxygen atoms in total. The van der Waals surface area contributed by atoms with Crippen molar-refractivity contribution in [3.63, 3.8) is 0 Å². The zero-order chi connectivity index (χ0) is 12.7. The van der Waals surface area contributed by atoms with E-state index in [2.05, 4.69) is 4.98 Å². The van der Waals surface area contributed by atoms with Crippen molar-refractivity contribution in [2.75, 3.05) is 5.73 Å². The van der Waals surface area contributed by atoms with Crippen molar-refractivity contribution in [2.45, 2.75) is 0 Å². The lowest BCUT2D eigenvalue weighted by molar-refractivity contribution is 0.611. The Labute approximate surface area is 107 Å². The van der Waals surface area contributed by atoms with E-state index in [4.69, 9.17) is 21.8 Å². The summed E-state index contributed by atoms with van der Waals surface area (Å²) in [5, 5.41) is 0.0686. The van der Waals surface area contributed by atoms with Gasteiger partial charge in [0.25, 0.3) is 0 Å². The predicted octanol–water partition coefficient (Wildman–Crippen LogP) is 3.87. The maximum Gasteiger partial charge on any atom is 0.227 e. The molecule has 1 aromatic heterocycles. The lowest BCUT2D eigenvalue weighted by Gasteiger charge is -1.96. The van der Waals surface area contributed by atoms with Crippen LogP contribution in [-0.4, -0.2) is 4.98 Å². The Kier molecular flexibility index (Phi) is 2.45. The van der Waals surface area contributed by atoms with Gasteiger partial charge in [0.05, 0.1) is 5.02 Å². The Hall–Kier alpha value is -2.07. The molecule has 0 spiro atoms. The molecule has 90 valence electrons. The minimum Gasteiger partial charge on any atom is -0.436 e. The van der Waals surface area contributed by atoms with Crippen LogP contribution in [0.15, 0.2) is 40.8 Å². The second kappa shape index (κ2) is 3.99. The number of halogens is 2. The van der Waals surface area contributed by atoms with E-state index in [0.717, 1.165) is 0 Å². The van der Waals surface area contributed by atoms with E-state index in [1.54, 1.807) is 24.3 Å². The second-order valence-corrected chi connectivity index (χ2v) is 4.28. The molecule has 3 rings (SSSR count). The molecule has 5 heteroatoms. The number of oxazole rings is 1. The fraction of sp³-hybridized carbons (Fsp3) is 0. The summed E-state index contributed by atoms with van der Waals surface area (Å²) in [7, 11) is 0. The van der Waals surface area contributed by atoms with Gasteiger partial charge in [-0.1, -0.05) is 11.6 Å². The number of hydrogen-bond donors (Lipinski definition) is 1. The first-order valence-corrected chi connectivity index (χ1v) is 5.63. The summed E-state index contributed by atoms with van der Waals surface area (Å²) in [6, 6.07) is 9.57. The van der Waals surface area contributed by atoms with Gasteiger partial charge >= 0.3 is 0 Å². The van der Waals surface area contributed by atoms with Crippen LogP contribution in [0.4, 0.5) is 10.1 Å². The second-order valence-electron chi connectivity index (χ2n) is 3.88. The molecule has 2 aromatic carbocycles. The Balaban J connectivity index is 2.16. The molecule has 0 aliphatic carbocycles. The maximum atomic E-state index is 13.4. The standard InChI is InChI=1S/C13H8ClFN2O/c14-9-3-1-7(5-10(9)15)13-17-11-4-2-8(16)6-12(11)18-13/h1-6H,16H2. The molecule has 0 bridgehead atoms. The smallest absolute Gasteiger partial charge is 0.227 e. The highest BCUT2D eigenvalue weighted by atomic mass is 35.5. The molecule has 1 heterocycles. The highest BCUT2D eigenvalue weighted by Crippen LogP contribution is 2.27. The highest BCUT2D eigenvalue weighted by molar-refractivity contribution is 6.30. The Morgan fingerprint density at radius 2 is 2.00 bits per heavy atom. The molecule has 0 aliphatic heterocycles. The van der Waals surface area contributed by atoms with Gasteiger partial charge in [0.1, 0.15) is 11.3 Å². The van der Waals surface area contributed by atoms with Gasteiger partial charge in [0.2, 0.25) is 5.89 Å². The summed E-state index contributed by atoms with van der Waals surface area (Å²) in [4.78, 5) is 4.26. The summed E-state index contributed by atoms with van der Waals surface area (Å²) in [5.74, 6) is -0.165. The molecule has 3 aromatic rings. The fourth-order valence-electron chi connectivity index (χ4n) is 1.69. The average Bonchev–Trinajstić information content (AvgIpc) is 2.75. The number of nitrogens with zero attached hydrogens (tertiary/aromatic N) is 1. The van der Waals surface area contributed by atoms with Crippen LogP contribution < -0.4 is 5.73 Å². The van der Waals surface area contributed by atoms with E-state index in [-0.39, 0.29) is 5.02 Å². The number of hydrogen-bond acceptors (Lipinski definition) is 3. The summed E-state index contributed by atoms with van der Waals surface area (Å²) in [5.41, 5.74) is 8.02. The maximum absolute atomic E-state index is 13.4. The van der Waals surface area contributed by atoms with Crippen LogP contribution in [0, 0.1) is 5.82 Å². The first-order valence-electron chi connectivity index (χ1n) is 5.25. The molecular formula is C13H8ClFN2O. The number of nitrogen functional groups attached to an aromatic ring is 1. The minimum absolute atomic E-state index is 0.0686. The quantitative estimate of drug-likeness (QED) is 0.677. The number of benzene rings is 2. The van der Waals surface area contributed by atoms with E-state index in [0.29, 0.717) is 28.2 Å². The highest BCUT2D eigenvalue weighted by Gasteiger charge is 2.10. The van der Waals surface area contributed by atoms with Crippen molar-refractivity contribution >= 4 is 28.4 Å². The van der Waals surface area contributed by atoms with Crippen LogP contribution in [-0.2, 0) is 0 Å². The van der Waals surface area contributed by atoms with Crippen molar-refractivity contribution in [2.24, 2.45) is 0 Å². The van der Waals surface area contributed by atoms with Crippen molar-refractivity contribution < 1.29 is 8.81 Å². The number of fused-ring (bicyclic) bond motifs is 1. The van der Waals surface area contributed by atoms with Gasteiger partial charge in [-0.25, -0.2) is 9.37 Å². The molecule has 2 N–H and O–H groups in total. The van der Waals surface area contributed by atoms with E-state index >= 15 is 0 Å². The molecule has 0 amide bonds. The first kappa shape index (κ1) is 11.0.